The number of amides is 1. The van der Waals surface area contributed by atoms with Gasteiger partial charge >= 0.3 is 0 Å². The minimum Gasteiger partial charge on any atom is -0.393 e. The van der Waals surface area contributed by atoms with Gasteiger partial charge in [-0.3, -0.25) is 4.79 Å². The Labute approximate surface area is 126 Å². The molecule has 2 heterocycles. The number of carbonyl (C=O) groups is 1. The Hall–Kier alpha value is -1.29. The third-order valence-electron chi connectivity index (χ3n) is 5.43. The molecule has 2 fully saturated rings. The lowest BCUT2D eigenvalue weighted by Gasteiger charge is -2.37. The highest BCUT2D eigenvalue weighted by Crippen LogP contribution is 2.35. The maximum atomic E-state index is 12.9. The zero-order valence-electron chi connectivity index (χ0n) is 13.1. The Bertz CT molecular complexity index is 523. The fourth-order valence-corrected chi connectivity index (χ4v) is 4.05. The van der Waals surface area contributed by atoms with Crippen LogP contribution in [-0.2, 0) is 7.05 Å². The normalized spacial score (nSPS) is 29.9. The van der Waals surface area contributed by atoms with Crippen molar-refractivity contribution in [1.82, 2.24) is 9.47 Å². The molecule has 1 aromatic rings. The van der Waals surface area contributed by atoms with E-state index >= 15 is 0 Å². The number of aliphatic hydroxyl groups is 1. The van der Waals surface area contributed by atoms with Crippen LogP contribution in [-0.4, -0.2) is 39.2 Å². The lowest BCUT2D eigenvalue weighted by Crippen LogP contribution is -2.45. The summed E-state index contributed by atoms with van der Waals surface area (Å²) in [4.78, 5) is 14.9. The van der Waals surface area contributed by atoms with E-state index in [1.165, 1.54) is 6.42 Å². The molecule has 1 aliphatic heterocycles. The SMILES string of the molecule is Cc1ccc(C(=O)N2CCC[C@@H]2[C@H]2CCCC[C@H]2O)n1C. The van der Waals surface area contributed by atoms with Crippen LogP contribution >= 0.6 is 0 Å². The maximum absolute atomic E-state index is 12.9. The van der Waals surface area contributed by atoms with E-state index in [-0.39, 0.29) is 24.0 Å². The number of nitrogens with zero attached hydrogens (tertiary/aromatic N) is 2. The van der Waals surface area contributed by atoms with Gasteiger partial charge in [-0.25, -0.2) is 0 Å². The third-order valence-corrected chi connectivity index (χ3v) is 5.43. The summed E-state index contributed by atoms with van der Waals surface area (Å²) >= 11 is 0. The van der Waals surface area contributed by atoms with Crippen molar-refractivity contribution in [1.29, 1.82) is 0 Å². The standard InChI is InChI=1S/C17H26N2O2/c1-12-9-10-15(18(12)2)17(21)19-11-5-7-14(19)13-6-3-4-8-16(13)20/h9-10,13-14,16,20H,3-8,11H2,1-2H3/t13-,14-,16-/m1/s1. The zero-order chi connectivity index (χ0) is 15.0. The molecule has 116 valence electrons. The average molecular weight is 290 g/mol. The Morgan fingerprint density at radius 2 is 1.95 bits per heavy atom. The molecule has 1 aliphatic carbocycles. The molecule has 1 aromatic heterocycles. The molecule has 3 rings (SSSR count). The van der Waals surface area contributed by atoms with Gasteiger partial charge in [0.1, 0.15) is 5.69 Å². The maximum Gasteiger partial charge on any atom is 0.270 e. The van der Waals surface area contributed by atoms with Gasteiger partial charge in [0.25, 0.3) is 5.91 Å². The Morgan fingerprint density at radius 1 is 1.19 bits per heavy atom. The molecule has 1 N–H and O–H groups in total. The second-order valence-corrected chi connectivity index (χ2v) is 6.64. The first-order valence-corrected chi connectivity index (χ1v) is 8.21. The van der Waals surface area contributed by atoms with Gasteiger partial charge in [-0.1, -0.05) is 12.8 Å². The molecule has 0 radical (unpaired) electrons. The van der Waals surface area contributed by atoms with E-state index in [1.54, 1.807) is 0 Å². The Kier molecular flexibility index (Phi) is 4.07. The fraction of sp³-hybridized carbons (Fsp3) is 0.706. The molecule has 0 unspecified atom stereocenters. The van der Waals surface area contributed by atoms with Gasteiger partial charge in [-0.05, 0) is 44.7 Å². The molecule has 4 heteroatoms. The van der Waals surface area contributed by atoms with Crippen molar-refractivity contribution < 1.29 is 9.90 Å². The molecule has 1 saturated heterocycles. The van der Waals surface area contributed by atoms with Crippen LogP contribution in [0, 0.1) is 12.8 Å². The highest BCUT2D eigenvalue weighted by Gasteiger charge is 2.39. The third kappa shape index (κ3) is 2.61. The summed E-state index contributed by atoms with van der Waals surface area (Å²) < 4.78 is 1.97. The van der Waals surface area contributed by atoms with Crippen LogP contribution in [0.1, 0.15) is 54.7 Å². The van der Waals surface area contributed by atoms with Crippen LogP contribution in [0.4, 0.5) is 0 Å². The predicted octanol–water partition coefficient (Wildman–Crippen LogP) is 2.49. The Balaban J connectivity index is 1.80. The lowest BCUT2D eigenvalue weighted by atomic mass is 9.80. The molecule has 1 amide bonds. The number of likely N-dealkylation sites (tertiary alicyclic amines) is 1. The number of carbonyl (C=O) groups excluding carboxylic acids is 1. The molecular formula is C17H26N2O2. The molecule has 4 nitrogen and oxygen atoms in total. The summed E-state index contributed by atoms with van der Waals surface area (Å²) in [6, 6.07) is 4.14. The van der Waals surface area contributed by atoms with E-state index < -0.39 is 0 Å². The summed E-state index contributed by atoms with van der Waals surface area (Å²) in [5.74, 6) is 0.400. The van der Waals surface area contributed by atoms with E-state index in [4.69, 9.17) is 0 Å². The molecule has 3 atom stereocenters. The van der Waals surface area contributed by atoms with Gasteiger partial charge in [0.05, 0.1) is 6.10 Å². The topological polar surface area (TPSA) is 45.5 Å². The van der Waals surface area contributed by atoms with Crippen molar-refractivity contribution in [3.8, 4) is 0 Å². The molecular weight excluding hydrogens is 264 g/mol. The van der Waals surface area contributed by atoms with E-state index in [0.29, 0.717) is 0 Å². The second kappa shape index (κ2) is 5.84. The second-order valence-electron chi connectivity index (χ2n) is 6.64. The number of hydrogen-bond donors (Lipinski definition) is 1. The molecule has 0 bridgehead atoms. The van der Waals surface area contributed by atoms with E-state index in [0.717, 1.165) is 50.0 Å². The summed E-state index contributed by atoms with van der Waals surface area (Å²) in [6.45, 7) is 2.85. The molecule has 21 heavy (non-hydrogen) atoms. The smallest absolute Gasteiger partial charge is 0.270 e. The van der Waals surface area contributed by atoms with Crippen molar-refractivity contribution in [3.63, 3.8) is 0 Å². The number of aromatic nitrogens is 1. The first-order valence-electron chi connectivity index (χ1n) is 8.21. The molecule has 0 aromatic carbocycles. The van der Waals surface area contributed by atoms with Crippen LogP contribution in [0.15, 0.2) is 12.1 Å². The average Bonchev–Trinajstić information content (AvgIpc) is 3.07. The largest absolute Gasteiger partial charge is 0.393 e. The molecule has 2 aliphatic rings. The number of aryl methyl sites for hydroxylation is 1. The van der Waals surface area contributed by atoms with Gasteiger partial charge in [0.2, 0.25) is 0 Å². The van der Waals surface area contributed by atoms with Crippen molar-refractivity contribution in [2.24, 2.45) is 13.0 Å². The summed E-state index contributed by atoms with van der Waals surface area (Å²) in [7, 11) is 1.95. The van der Waals surface area contributed by atoms with Crippen molar-refractivity contribution in [2.45, 2.75) is 57.6 Å². The van der Waals surface area contributed by atoms with E-state index in [2.05, 4.69) is 0 Å². The van der Waals surface area contributed by atoms with Gasteiger partial charge < -0.3 is 14.6 Å². The van der Waals surface area contributed by atoms with Gasteiger partial charge in [-0.2, -0.15) is 0 Å². The number of aliphatic hydroxyl groups excluding tert-OH is 1. The number of rotatable bonds is 2. The summed E-state index contributed by atoms with van der Waals surface area (Å²) in [5.41, 5.74) is 1.87. The first kappa shape index (κ1) is 14.6. The fourth-order valence-electron chi connectivity index (χ4n) is 4.05. The lowest BCUT2D eigenvalue weighted by molar-refractivity contribution is 0.0208. The van der Waals surface area contributed by atoms with Crippen LogP contribution in [0.3, 0.4) is 0 Å². The van der Waals surface area contributed by atoms with Crippen LogP contribution in [0.2, 0.25) is 0 Å². The summed E-state index contributed by atoms with van der Waals surface area (Å²) in [5, 5.41) is 10.3. The predicted molar refractivity (Wildman–Crippen MR) is 82.2 cm³/mol. The van der Waals surface area contributed by atoms with E-state index in [9.17, 15) is 9.90 Å². The van der Waals surface area contributed by atoms with E-state index in [1.807, 2.05) is 35.6 Å². The molecule has 1 saturated carbocycles. The summed E-state index contributed by atoms with van der Waals surface area (Å²) in [6.07, 6.45) is 6.12. The van der Waals surface area contributed by atoms with Crippen molar-refractivity contribution in [2.75, 3.05) is 6.54 Å². The monoisotopic (exact) mass is 290 g/mol. The highest BCUT2D eigenvalue weighted by molar-refractivity contribution is 5.93. The van der Waals surface area contributed by atoms with Crippen molar-refractivity contribution >= 4 is 5.91 Å². The Morgan fingerprint density at radius 3 is 2.62 bits per heavy atom. The van der Waals surface area contributed by atoms with Crippen molar-refractivity contribution in [3.05, 3.63) is 23.5 Å². The van der Waals surface area contributed by atoms with Gasteiger partial charge in [-0.15, -0.1) is 0 Å². The van der Waals surface area contributed by atoms with Crippen LogP contribution in [0.5, 0.6) is 0 Å². The van der Waals surface area contributed by atoms with Gasteiger partial charge in [0, 0.05) is 31.2 Å². The quantitative estimate of drug-likeness (QED) is 0.909. The minimum absolute atomic E-state index is 0.130. The highest BCUT2D eigenvalue weighted by atomic mass is 16.3. The number of hydrogen-bond acceptors (Lipinski definition) is 2. The van der Waals surface area contributed by atoms with Crippen LogP contribution in [0.25, 0.3) is 0 Å². The van der Waals surface area contributed by atoms with Gasteiger partial charge in [0.15, 0.2) is 0 Å². The zero-order valence-corrected chi connectivity index (χ0v) is 13.1. The first-order chi connectivity index (χ1) is 10.1. The molecule has 0 spiro atoms. The van der Waals surface area contributed by atoms with Crippen LogP contribution < -0.4 is 0 Å². The minimum atomic E-state index is -0.229.